The normalized spacial score (nSPS) is 11.2. The molecule has 0 spiro atoms. The molecular formula is C16H11BrN4O. The van der Waals surface area contributed by atoms with Crippen LogP contribution in [0.4, 0.5) is 0 Å². The molecule has 0 fully saturated rings. The lowest BCUT2D eigenvalue weighted by molar-refractivity contribution is 0.432. The number of hydrogen-bond donors (Lipinski definition) is 0. The highest BCUT2D eigenvalue weighted by molar-refractivity contribution is 9.10. The summed E-state index contributed by atoms with van der Waals surface area (Å²) < 4.78 is 8.29. The van der Waals surface area contributed by atoms with Gasteiger partial charge in [-0.3, -0.25) is 0 Å². The van der Waals surface area contributed by atoms with Crippen molar-refractivity contribution in [3.05, 3.63) is 53.3 Å². The van der Waals surface area contributed by atoms with Gasteiger partial charge in [-0.25, -0.2) is 4.98 Å². The summed E-state index contributed by atoms with van der Waals surface area (Å²) in [5, 5.41) is 4.09. The molecule has 2 aromatic heterocycles. The molecule has 0 atom stereocenters. The van der Waals surface area contributed by atoms with Crippen LogP contribution < -0.4 is 0 Å². The lowest BCUT2D eigenvalue weighted by Crippen LogP contribution is -1.86. The molecule has 4 rings (SSSR count). The summed E-state index contributed by atoms with van der Waals surface area (Å²) in [7, 11) is 1.96. The standard InChI is InChI=1S/C16H11BrN4O/c1-21-9-18-13-7-6-10(8-14(13)21)15-19-16(22-20-15)11-4-2-3-5-12(11)17/h2-9H,1H3. The Kier molecular flexibility index (Phi) is 3.04. The highest BCUT2D eigenvalue weighted by atomic mass is 79.9. The minimum atomic E-state index is 0.493. The van der Waals surface area contributed by atoms with Gasteiger partial charge in [-0.15, -0.1) is 0 Å². The van der Waals surface area contributed by atoms with Crippen LogP contribution in [0.1, 0.15) is 0 Å². The number of rotatable bonds is 2. The minimum Gasteiger partial charge on any atom is -0.334 e. The van der Waals surface area contributed by atoms with E-state index in [0.717, 1.165) is 26.6 Å². The first-order chi connectivity index (χ1) is 10.7. The number of fused-ring (bicyclic) bond motifs is 1. The van der Waals surface area contributed by atoms with E-state index in [1.165, 1.54) is 0 Å². The van der Waals surface area contributed by atoms with Crippen molar-refractivity contribution >= 4 is 27.0 Å². The Morgan fingerprint density at radius 1 is 1.14 bits per heavy atom. The molecule has 0 saturated carbocycles. The maximum atomic E-state index is 5.40. The van der Waals surface area contributed by atoms with E-state index < -0.39 is 0 Å². The van der Waals surface area contributed by atoms with Gasteiger partial charge < -0.3 is 9.09 Å². The van der Waals surface area contributed by atoms with Crippen molar-refractivity contribution in [1.82, 2.24) is 19.7 Å². The lowest BCUT2D eigenvalue weighted by Gasteiger charge is -1.98. The molecule has 0 aliphatic heterocycles. The first kappa shape index (κ1) is 13.2. The molecule has 2 aromatic carbocycles. The average molecular weight is 355 g/mol. The van der Waals surface area contributed by atoms with Gasteiger partial charge in [0.25, 0.3) is 5.89 Å². The maximum Gasteiger partial charge on any atom is 0.259 e. The fraction of sp³-hybridized carbons (Fsp3) is 0.0625. The molecule has 0 saturated heterocycles. The molecule has 5 nitrogen and oxygen atoms in total. The van der Waals surface area contributed by atoms with Crippen LogP contribution in [0.2, 0.25) is 0 Å². The molecule has 4 aromatic rings. The van der Waals surface area contributed by atoms with E-state index in [9.17, 15) is 0 Å². The summed E-state index contributed by atoms with van der Waals surface area (Å²) in [5.41, 5.74) is 3.76. The molecule has 6 heteroatoms. The van der Waals surface area contributed by atoms with E-state index >= 15 is 0 Å². The lowest BCUT2D eigenvalue weighted by atomic mass is 10.2. The SMILES string of the molecule is Cn1cnc2ccc(-c3noc(-c4ccccc4Br)n3)cc21. The zero-order valence-electron chi connectivity index (χ0n) is 11.7. The smallest absolute Gasteiger partial charge is 0.259 e. The van der Waals surface area contributed by atoms with Crippen LogP contribution in [0.3, 0.4) is 0 Å². The van der Waals surface area contributed by atoms with Crippen molar-refractivity contribution in [2.24, 2.45) is 7.05 Å². The predicted molar refractivity (Wildman–Crippen MR) is 87.1 cm³/mol. The van der Waals surface area contributed by atoms with Crippen LogP contribution >= 0.6 is 15.9 Å². The second-order valence-electron chi connectivity index (χ2n) is 4.96. The molecule has 0 radical (unpaired) electrons. The van der Waals surface area contributed by atoms with Crippen molar-refractivity contribution < 1.29 is 4.52 Å². The Balaban J connectivity index is 1.80. The van der Waals surface area contributed by atoms with E-state index in [4.69, 9.17) is 4.52 Å². The molecule has 0 amide bonds. The minimum absolute atomic E-state index is 0.493. The first-order valence-electron chi connectivity index (χ1n) is 6.72. The number of aromatic nitrogens is 4. The second-order valence-corrected chi connectivity index (χ2v) is 5.82. The quantitative estimate of drug-likeness (QED) is 0.544. The number of imidazole rings is 1. The van der Waals surface area contributed by atoms with Crippen molar-refractivity contribution in [3.8, 4) is 22.8 Å². The molecule has 0 aliphatic rings. The fourth-order valence-corrected chi connectivity index (χ4v) is 2.80. The van der Waals surface area contributed by atoms with Gasteiger partial charge in [0.15, 0.2) is 0 Å². The number of benzene rings is 2. The topological polar surface area (TPSA) is 56.7 Å². The Morgan fingerprint density at radius 3 is 2.86 bits per heavy atom. The fourth-order valence-electron chi connectivity index (χ4n) is 2.35. The van der Waals surface area contributed by atoms with Gasteiger partial charge >= 0.3 is 0 Å². The third-order valence-electron chi connectivity index (χ3n) is 3.51. The van der Waals surface area contributed by atoms with Gasteiger partial charge in [0, 0.05) is 17.1 Å². The van der Waals surface area contributed by atoms with Gasteiger partial charge in [-0.1, -0.05) is 17.3 Å². The summed E-state index contributed by atoms with van der Waals surface area (Å²) in [4.78, 5) is 8.80. The number of aryl methyl sites for hydroxylation is 1. The number of halogens is 1. The summed E-state index contributed by atoms with van der Waals surface area (Å²) in [6.45, 7) is 0. The summed E-state index contributed by atoms with van der Waals surface area (Å²) in [5.74, 6) is 1.06. The molecule has 0 N–H and O–H groups in total. The van der Waals surface area contributed by atoms with E-state index in [1.54, 1.807) is 6.33 Å². The van der Waals surface area contributed by atoms with Gasteiger partial charge in [-0.05, 0) is 46.3 Å². The van der Waals surface area contributed by atoms with Gasteiger partial charge in [0.1, 0.15) is 0 Å². The van der Waals surface area contributed by atoms with Gasteiger partial charge in [-0.2, -0.15) is 4.98 Å². The molecule has 22 heavy (non-hydrogen) atoms. The van der Waals surface area contributed by atoms with Crippen LogP contribution in [-0.4, -0.2) is 19.7 Å². The third-order valence-corrected chi connectivity index (χ3v) is 4.21. The Labute approximate surface area is 134 Å². The van der Waals surface area contributed by atoms with Crippen LogP contribution in [0.5, 0.6) is 0 Å². The van der Waals surface area contributed by atoms with E-state index in [1.807, 2.05) is 54.1 Å². The van der Waals surface area contributed by atoms with E-state index in [0.29, 0.717) is 11.7 Å². The highest BCUT2D eigenvalue weighted by Crippen LogP contribution is 2.29. The van der Waals surface area contributed by atoms with Crippen LogP contribution in [0, 0.1) is 0 Å². The summed E-state index contributed by atoms with van der Waals surface area (Å²) in [6.07, 6.45) is 1.79. The van der Waals surface area contributed by atoms with E-state index in [2.05, 4.69) is 31.1 Å². The van der Waals surface area contributed by atoms with Crippen molar-refractivity contribution in [2.75, 3.05) is 0 Å². The molecule has 108 valence electrons. The van der Waals surface area contributed by atoms with Crippen LogP contribution in [0.25, 0.3) is 33.9 Å². The summed E-state index contributed by atoms with van der Waals surface area (Å²) >= 11 is 3.50. The predicted octanol–water partition coefficient (Wildman–Crippen LogP) is 4.05. The largest absolute Gasteiger partial charge is 0.334 e. The van der Waals surface area contributed by atoms with Gasteiger partial charge in [0.05, 0.1) is 22.9 Å². The highest BCUT2D eigenvalue weighted by Gasteiger charge is 2.13. The zero-order chi connectivity index (χ0) is 15.1. The van der Waals surface area contributed by atoms with E-state index in [-0.39, 0.29) is 0 Å². The molecule has 0 aliphatic carbocycles. The maximum absolute atomic E-state index is 5.40. The second kappa shape index (κ2) is 5.06. The molecule has 0 unspecified atom stereocenters. The average Bonchev–Trinajstić information content (AvgIpc) is 3.15. The van der Waals surface area contributed by atoms with Crippen molar-refractivity contribution in [1.29, 1.82) is 0 Å². The van der Waals surface area contributed by atoms with Crippen molar-refractivity contribution in [3.63, 3.8) is 0 Å². The number of hydrogen-bond acceptors (Lipinski definition) is 4. The number of nitrogens with zero attached hydrogens (tertiary/aromatic N) is 4. The Morgan fingerprint density at radius 2 is 2.00 bits per heavy atom. The van der Waals surface area contributed by atoms with Gasteiger partial charge in [0.2, 0.25) is 5.82 Å². The summed E-state index contributed by atoms with van der Waals surface area (Å²) in [6, 6.07) is 13.7. The Bertz CT molecular complexity index is 973. The third kappa shape index (κ3) is 2.12. The molecule has 2 heterocycles. The first-order valence-corrected chi connectivity index (χ1v) is 7.52. The molecular weight excluding hydrogens is 344 g/mol. The molecule has 0 bridgehead atoms. The zero-order valence-corrected chi connectivity index (χ0v) is 13.3. The van der Waals surface area contributed by atoms with Crippen LogP contribution in [0.15, 0.2) is 57.8 Å². The Hall–Kier alpha value is -2.47. The van der Waals surface area contributed by atoms with Crippen molar-refractivity contribution in [2.45, 2.75) is 0 Å². The van der Waals surface area contributed by atoms with Crippen LogP contribution in [-0.2, 0) is 7.05 Å². The monoisotopic (exact) mass is 354 g/mol.